The van der Waals surface area contributed by atoms with Crippen LogP contribution in [0.2, 0.25) is 0 Å². The van der Waals surface area contributed by atoms with Gasteiger partial charge in [-0.3, -0.25) is 0 Å². The van der Waals surface area contributed by atoms with Crippen molar-refractivity contribution in [1.29, 1.82) is 0 Å². The molecule has 0 amide bonds. The second-order valence-electron chi connectivity index (χ2n) is 6.10. The summed E-state index contributed by atoms with van der Waals surface area (Å²) >= 11 is 0. The molecule has 0 radical (unpaired) electrons. The topological polar surface area (TPSA) is 4.93 Å². The van der Waals surface area contributed by atoms with Gasteiger partial charge in [0.1, 0.15) is 0 Å². The third kappa shape index (κ3) is 4.36. The molecular weight excluding hydrogens is 338 g/mol. The minimum Gasteiger partial charge on any atom is -0.347 e. The van der Waals surface area contributed by atoms with Gasteiger partial charge >= 0.3 is 0 Å². The van der Waals surface area contributed by atoms with Crippen LogP contribution in [-0.4, -0.2) is 4.57 Å². The van der Waals surface area contributed by atoms with Crippen LogP contribution in [0, 0.1) is 6.92 Å². The molecule has 0 saturated heterocycles. The average Bonchev–Trinajstić information content (AvgIpc) is 3.02. The van der Waals surface area contributed by atoms with Crippen LogP contribution in [0.4, 0.5) is 0 Å². The summed E-state index contributed by atoms with van der Waals surface area (Å²) < 4.78 is 2.27. The first-order chi connectivity index (χ1) is 13.6. The fraction of sp³-hybridized carbons (Fsp3) is 0.259. The van der Waals surface area contributed by atoms with Gasteiger partial charge in [-0.15, -0.1) is 0 Å². The zero-order chi connectivity index (χ0) is 21.3. The van der Waals surface area contributed by atoms with E-state index in [1.54, 1.807) is 0 Å². The predicted molar refractivity (Wildman–Crippen MR) is 130 cm³/mol. The van der Waals surface area contributed by atoms with E-state index in [4.69, 9.17) is 0 Å². The molecule has 3 rings (SSSR count). The molecule has 0 aliphatic carbocycles. The summed E-state index contributed by atoms with van der Waals surface area (Å²) in [5.41, 5.74) is 6.15. The van der Waals surface area contributed by atoms with Gasteiger partial charge in [0.2, 0.25) is 0 Å². The van der Waals surface area contributed by atoms with Crippen LogP contribution < -0.4 is 0 Å². The van der Waals surface area contributed by atoms with E-state index in [1.807, 2.05) is 45.9 Å². The molecule has 0 aliphatic heterocycles. The number of hydrogen-bond donors (Lipinski definition) is 0. The lowest BCUT2D eigenvalue weighted by Crippen LogP contribution is -1.92. The first kappa shape index (κ1) is 23.2. The van der Waals surface area contributed by atoms with Crippen LogP contribution in [0.3, 0.4) is 0 Å². The molecule has 3 aromatic rings. The van der Waals surface area contributed by atoms with Crippen LogP contribution >= 0.6 is 0 Å². The van der Waals surface area contributed by atoms with E-state index in [-0.39, 0.29) is 0 Å². The lowest BCUT2D eigenvalue weighted by Gasteiger charge is -2.09. The maximum absolute atomic E-state index is 3.97. The molecule has 0 aliphatic rings. The molecule has 1 aromatic heterocycles. The fourth-order valence-corrected chi connectivity index (χ4v) is 3.35. The number of fused-ring (bicyclic) bond motifs is 3. The second-order valence-corrected chi connectivity index (χ2v) is 6.10. The zero-order valence-corrected chi connectivity index (χ0v) is 18.6. The Labute approximate surface area is 171 Å². The molecular formula is C27H35N. The van der Waals surface area contributed by atoms with Crippen molar-refractivity contribution in [2.75, 3.05) is 0 Å². The molecule has 0 bridgehead atoms. The number of hydrogen-bond acceptors (Lipinski definition) is 0. The quantitative estimate of drug-likeness (QED) is 0.405. The number of aromatic nitrogens is 1. The summed E-state index contributed by atoms with van der Waals surface area (Å²) in [6.45, 7) is 20.1. The molecule has 0 unspecified atom stereocenters. The molecule has 0 N–H and O–H groups in total. The molecule has 1 heteroatoms. The number of nitrogens with zero attached hydrogens (tertiary/aromatic N) is 1. The van der Waals surface area contributed by atoms with Crippen LogP contribution in [0.15, 0.2) is 79.4 Å². The number of allylic oxidation sites excluding steroid dienone is 6. The number of benzene rings is 2. The Morgan fingerprint density at radius 3 is 2.21 bits per heavy atom. The number of aryl methyl sites for hydroxylation is 1. The SMILES string of the molecule is C=C/C=C\C(=C(/C)C=C)c1c(C)n(C)c2ccc3ccccc3c12.CC.CC. The van der Waals surface area contributed by atoms with Crippen LogP contribution in [-0.2, 0) is 7.05 Å². The third-order valence-corrected chi connectivity index (χ3v) is 4.78. The van der Waals surface area contributed by atoms with Gasteiger partial charge in [-0.25, -0.2) is 0 Å². The maximum Gasteiger partial charge on any atom is 0.0492 e. The number of rotatable bonds is 4. The van der Waals surface area contributed by atoms with Gasteiger partial charge in [-0.1, -0.05) is 95.5 Å². The maximum atomic E-state index is 3.97. The van der Waals surface area contributed by atoms with E-state index >= 15 is 0 Å². The Morgan fingerprint density at radius 1 is 0.964 bits per heavy atom. The van der Waals surface area contributed by atoms with Crippen LogP contribution in [0.25, 0.3) is 27.2 Å². The van der Waals surface area contributed by atoms with Gasteiger partial charge < -0.3 is 4.57 Å². The zero-order valence-electron chi connectivity index (χ0n) is 18.6. The van der Waals surface area contributed by atoms with E-state index in [1.165, 1.54) is 38.5 Å². The summed E-state index contributed by atoms with van der Waals surface area (Å²) in [4.78, 5) is 0. The Balaban J connectivity index is 0.000000921. The minimum absolute atomic E-state index is 1.16. The summed E-state index contributed by atoms with van der Waals surface area (Å²) in [6.07, 6.45) is 7.86. The molecule has 148 valence electrons. The van der Waals surface area contributed by atoms with Gasteiger partial charge in [-0.2, -0.15) is 0 Å². The molecule has 0 fully saturated rings. The van der Waals surface area contributed by atoms with Crippen molar-refractivity contribution in [2.24, 2.45) is 7.05 Å². The molecule has 2 aromatic carbocycles. The largest absolute Gasteiger partial charge is 0.347 e. The molecule has 1 heterocycles. The molecule has 0 atom stereocenters. The Bertz CT molecular complexity index is 1010. The van der Waals surface area contributed by atoms with Crippen molar-refractivity contribution in [1.82, 2.24) is 4.57 Å². The predicted octanol–water partition coefficient (Wildman–Crippen LogP) is 8.39. The van der Waals surface area contributed by atoms with E-state index < -0.39 is 0 Å². The smallest absolute Gasteiger partial charge is 0.0492 e. The van der Waals surface area contributed by atoms with Gasteiger partial charge in [0.25, 0.3) is 0 Å². The van der Waals surface area contributed by atoms with E-state index in [2.05, 4.69) is 81.1 Å². The monoisotopic (exact) mass is 373 g/mol. The van der Waals surface area contributed by atoms with Gasteiger partial charge in [0.05, 0.1) is 0 Å². The molecule has 1 nitrogen and oxygen atoms in total. The highest BCUT2D eigenvalue weighted by Gasteiger charge is 2.17. The first-order valence-corrected chi connectivity index (χ1v) is 10.2. The summed E-state index contributed by atoms with van der Waals surface area (Å²) in [5.74, 6) is 0. The molecule has 28 heavy (non-hydrogen) atoms. The summed E-state index contributed by atoms with van der Waals surface area (Å²) in [5, 5.41) is 3.85. The highest BCUT2D eigenvalue weighted by atomic mass is 14.9. The van der Waals surface area contributed by atoms with E-state index in [0.29, 0.717) is 0 Å². The first-order valence-electron chi connectivity index (χ1n) is 10.2. The van der Waals surface area contributed by atoms with Crippen molar-refractivity contribution in [3.8, 4) is 0 Å². The van der Waals surface area contributed by atoms with E-state index in [0.717, 1.165) is 5.57 Å². The molecule has 0 spiro atoms. The molecule has 0 saturated carbocycles. The van der Waals surface area contributed by atoms with Crippen molar-refractivity contribution in [2.45, 2.75) is 41.5 Å². The van der Waals surface area contributed by atoms with Crippen molar-refractivity contribution < 1.29 is 0 Å². The van der Waals surface area contributed by atoms with Crippen molar-refractivity contribution >= 4 is 27.2 Å². The second kappa shape index (κ2) is 11.1. The standard InChI is InChI=1S/C23H23N.2C2H6/c1-6-8-12-19(16(3)7-2)22-17(4)24(5)21-15-14-18-11-9-10-13-20(18)23(21)22;2*1-2/h6-15H,1-2H2,3-5H3;2*1-2H3/b12-8-,19-16-;;. The van der Waals surface area contributed by atoms with Gasteiger partial charge in [-0.05, 0) is 41.8 Å². The summed E-state index contributed by atoms with van der Waals surface area (Å²) in [6, 6.07) is 13.0. The van der Waals surface area contributed by atoms with Crippen molar-refractivity contribution in [3.63, 3.8) is 0 Å². The normalized spacial score (nSPS) is 11.4. The van der Waals surface area contributed by atoms with Gasteiger partial charge in [0, 0.05) is 29.2 Å². The Kier molecular flexibility index (Phi) is 9.24. The third-order valence-electron chi connectivity index (χ3n) is 4.78. The van der Waals surface area contributed by atoms with Crippen molar-refractivity contribution in [3.05, 3.63) is 90.7 Å². The van der Waals surface area contributed by atoms with Gasteiger partial charge in [0.15, 0.2) is 0 Å². The van der Waals surface area contributed by atoms with Crippen LogP contribution in [0.5, 0.6) is 0 Å². The Morgan fingerprint density at radius 2 is 1.61 bits per heavy atom. The highest BCUT2D eigenvalue weighted by molar-refractivity contribution is 6.13. The fourth-order valence-electron chi connectivity index (χ4n) is 3.35. The minimum atomic E-state index is 1.16. The van der Waals surface area contributed by atoms with E-state index in [9.17, 15) is 0 Å². The lowest BCUT2D eigenvalue weighted by atomic mass is 9.94. The summed E-state index contributed by atoms with van der Waals surface area (Å²) in [7, 11) is 2.13. The highest BCUT2D eigenvalue weighted by Crippen LogP contribution is 2.37. The lowest BCUT2D eigenvalue weighted by molar-refractivity contribution is 0.915. The van der Waals surface area contributed by atoms with Crippen LogP contribution in [0.1, 0.15) is 45.9 Å². The average molecular weight is 374 g/mol. The Hall–Kier alpha value is -2.80.